The predicted molar refractivity (Wildman–Crippen MR) is 5.75 cm³/mol. The van der Waals surface area contributed by atoms with Gasteiger partial charge in [-0.2, -0.15) is 0 Å². The Bertz CT molecular complexity index is 12.4. The van der Waals surface area contributed by atoms with Crippen LogP contribution in [-0.2, 0) is 17.1 Å². The average molecular weight is 352 g/mol. The smallest absolute Gasteiger partial charge is 1.00 e. The molecular formula is BrF5FeSb. The van der Waals surface area contributed by atoms with E-state index in [0.717, 1.165) is 0 Å². The molecule has 8 heteroatoms. The van der Waals surface area contributed by atoms with Gasteiger partial charge in [-0.15, -0.1) is 0 Å². The van der Waals surface area contributed by atoms with Crippen molar-refractivity contribution in [2.75, 3.05) is 0 Å². The van der Waals surface area contributed by atoms with Crippen molar-refractivity contribution in [1.82, 2.24) is 0 Å². The molecule has 0 aliphatic rings. The van der Waals surface area contributed by atoms with Crippen LogP contribution >= 0.6 is 0 Å². The van der Waals surface area contributed by atoms with E-state index in [1.54, 1.807) is 0 Å². The van der Waals surface area contributed by atoms with E-state index in [1.807, 2.05) is 0 Å². The molecule has 0 unspecified atom stereocenters. The molecule has 0 saturated carbocycles. The average Bonchev–Trinajstić information content (AvgIpc) is 0. The Morgan fingerprint density at radius 1 is 0.500 bits per heavy atom. The minimum absolute atomic E-state index is 0. The van der Waals surface area contributed by atoms with Crippen LogP contribution in [0.4, 0.5) is 0 Å². The summed E-state index contributed by atoms with van der Waals surface area (Å²) in [6, 6.07) is 0. The summed E-state index contributed by atoms with van der Waals surface area (Å²) >= 11 is 0. The van der Waals surface area contributed by atoms with Crippen molar-refractivity contribution < 1.29 is 57.6 Å². The standard InChI is InChI=1S/BrH.5FH.Fe.Sb/h6*1H;;/q;;;;;;2*+3/p-6. The quantitative estimate of drug-likeness (QED) is 0.300. The third kappa shape index (κ3) is 145. The SMILES string of the molecule is [Br-].[F-].[F-].[F-].[F-].[F-].[Fe+3].[Sb+3]. The Hall–Kier alpha value is 1.47. The minimum atomic E-state index is 0. The van der Waals surface area contributed by atoms with Gasteiger partial charge < -0.3 is 40.5 Å². The summed E-state index contributed by atoms with van der Waals surface area (Å²) in [5.41, 5.74) is 0. The van der Waals surface area contributed by atoms with Gasteiger partial charge in [0.25, 0.3) is 0 Å². The molecule has 0 aromatic heterocycles. The second-order valence-corrected chi connectivity index (χ2v) is 0. The van der Waals surface area contributed by atoms with Crippen molar-refractivity contribution in [3.05, 3.63) is 0 Å². The predicted octanol–water partition coefficient (Wildman–Crippen LogP) is -18.4. The van der Waals surface area contributed by atoms with Gasteiger partial charge in [-0.1, -0.05) is 0 Å². The van der Waals surface area contributed by atoms with Crippen molar-refractivity contribution in [2.24, 2.45) is 0 Å². The molecule has 0 N–H and O–H groups in total. The Kier molecular flexibility index (Phi) is 8640. The van der Waals surface area contributed by atoms with E-state index < -0.39 is 0 Å². The van der Waals surface area contributed by atoms with Gasteiger partial charge >= 0.3 is 41.5 Å². The van der Waals surface area contributed by atoms with E-state index in [-0.39, 0.29) is 82.0 Å². The van der Waals surface area contributed by atoms with Crippen LogP contribution in [0.5, 0.6) is 0 Å². The van der Waals surface area contributed by atoms with E-state index >= 15 is 0 Å². The van der Waals surface area contributed by atoms with Gasteiger partial charge in [0.2, 0.25) is 0 Å². The van der Waals surface area contributed by atoms with Gasteiger partial charge in [-0.3, -0.25) is 0 Å². The monoisotopic (exact) mass is 351 g/mol. The van der Waals surface area contributed by atoms with Gasteiger partial charge in [0.1, 0.15) is 0 Å². The fourth-order valence-electron chi connectivity index (χ4n) is 0. The summed E-state index contributed by atoms with van der Waals surface area (Å²) in [6.07, 6.45) is 0. The number of halogens is 6. The van der Waals surface area contributed by atoms with Crippen LogP contribution in [0.15, 0.2) is 0 Å². The van der Waals surface area contributed by atoms with Crippen molar-refractivity contribution in [3.8, 4) is 0 Å². The molecule has 0 aromatic rings. The molecule has 55 valence electrons. The van der Waals surface area contributed by atoms with Crippen LogP contribution in [0.2, 0.25) is 0 Å². The molecule has 8 heavy (non-hydrogen) atoms. The maximum atomic E-state index is 0. The zero-order chi connectivity index (χ0) is 0. The van der Waals surface area contributed by atoms with Gasteiger partial charge in [-0.25, -0.2) is 0 Å². The van der Waals surface area contributed by atoms with Gasteiger partial charge in [0.15, 0.2) is 0 Å². The Morgan fingerprint density at radius 2 is 0.500 bits per heavy atom. The van der Waals surface area contributed by atoms with E-state index in [2.05, 4.69) is 0 Å². The summed E-state index contributed by atoms with van der Waals surface area (Å²) in [7, 11) is 0. The van der Waals surface area contributed by atoms with Crippen LogP contribution in [0.25, 0.3) is 0 Å². The van der Waals surface area contributed by atoms with Crippen LogP contribution in [0, 0.1) is 0 Å². The topological polar surface area (TPSA) is 0 Å². The third-order valence-corrected chi connectivity index (χ3v) is 0. The summed E-state index contributed by atoms with van der Waals surface area (Å²) in [6.45, 7) is 0. The molecule has 0 rings (SSSR count). The zero-order valence-corrected chi connectivity index (χ0v) is 8.31. The summed E-state index contributed by atoms with van der Waals surface area (Å²) in [5, 5.41) is 0. The van der Waals surface area contributed by atoms with Crippen molar-refractivity contribution >= 4 is 24.4 Å². The van der Waals surface area contributed by atoms with Crippen molar-refractivity contribution in [2.45, 2.75) is 0 Å². The Labute approximate surface area is 81.7 Å². The molecule has 0 atom stereocenters. The first kappa shape index (κ1) is 315. The first-order valence-electron chi connectivity index (χ1n) is 0. The summed E-state index contributed by atoms with van der Waals surface area (Å²) in [4.78, 5) is 0. The molecule has 0 aliphatic heterocycles. The van der Waals surface area contributed by atoms with Crippen molar-refractivity contribution in [3.63, 3.8) is 0 Å². The van der Waals surface area contributed by atoms with E-state index in [1.165, 1.54) is 0 Å². The summed E-state index contributed by atoms with van der Waals surface area (Å²) in [5.74, 6) is 0. The fourth-order valence-corrected chi connectivity index (χ4v) is 0. The molecular weight excluding hydrogens is 352 g/mol. The molecule has 0 bridgehead atoms. The zero-order valence-electron chi connectivity index (χ0n) is 3.07. The molecule has 0 saturated heterocycles. The van der Waals surface area contributed by atoms with Crippen LogP contribution < -0.4 is 40.5 Å². The second kappa shape index (κ2) is 219. The van der Waals surface area contributed by atoms with Crippen LogP contribution in [0.3, 0.4) is 0 Å². The van der Waals surface area contributed by atoms with Crippen LogP contribution in [-0.4, -0.2) is 24.4 Å². The molecule has 3 radical (unpaired) electrons. The van der Waals surface area contributed by atoms with Crippen LogP contribution in [0.1, 0.15) is 0 Å². The number of hydrogen-bond donors (Lipinski definition) is 0. The first-order chi connectivity index (χ1) is 0. The first-order valence-corrected chi connectivity index (χ1v) is 0. The van der Waals surface area contributed by atoms with Crippen molar-refractivity contribution in [1.29, 1.82) is 0 Å². The van der Waals surface area contributed by atoms with Gasteiger partial charge in [0, 0.05) is 0 Å². The third-order valence-electron chi connectivity index (χ3n) is 0. The van der Waals surface area contributed by atoms with E-state index in [9.17, 15) is 0 Å². The van der Waals surface area contributed by atoms with Gasteiger partial charge in [0.05, 0.1) is 0 Å². The molecule has 0 nitrogen and oxygen atoms in total. The molecule has 0 aliphatic carbocycles. The molecule has 0 fully saturated rings. The number of hydrogen-bond acceptors (Lipinski definition) is 0. The van der Waals surface area contributed by atoms with E-state index in [4.69, 9.17) is 0 Å². The molecule has 0 spiro atoms. The van der Waals surface area contributed by atoms with Gasteiger partial charge in [-0.05, 0) is 0 Å². The fraction of sp³-hybridized carbons (Fsp3) is 0. The number of rotatable bonds is 0. The summed E-state index contributed by atoms with van der Waals surface area (Å²) < 4.78 is 0. The Morgan fingerprint density at radius 3 is 0.500 bits per heavy atom. The second-order valence-electron chi connectivity index (χ2n) is 0. The minimum Gasteiger partial charge on any atom is -1.00 e. The normalized spacial score (nSPS) is 0. The molecule has 0 heterocycles. The maximum absolute atomic E-state index is 0. The largest absolute Gasteiger partial charge is 3.00 e. The molecule has 0 aromatic carbocycles. The molecule has 0 amide bonds. The Balaban J connectivity index is 0. The maximum Gasteiger partial charge on any atom is 3.00 e. The van der Waals surface area contributed by atoms with E-state index in [0.29, 0.717) is 0 Å².